The van der Waals surface area contributed by atoms with Crippen molar-refractivity contribution in [2.45, 2.75) is 19.9 Å². The Morgan fingerprint density at radius 1 is 0.969 bits per heavy atom. The van der Waals surface area contributed by atoms with E-state index in [1.165, 1.54) is 0 Å². The van der Waals surface area contributed by atoms with Gasteiger partial charge in [-0.15, -0.1) is 0 Å². The van der Waals surface area contributed by atoms with E-state index in [-0.39, 0.29) is 6.04 Å². The van der Waals surface area contributed by atoms with Crippen LogP contribution in [0, 0.1) is 13.8 Å². The third kappa shape index (κ3) is 6.08. The Labute approximate surface area is 191 Å². The predicted molar refractivity (Wildman–Crippen MR) is 130 cm³/mol. The number of carbonyl (C=O) groups excluding carboxylic acids is 2. The number of aryl methyl sites for hydroxylation is 2. The summed E-state index contributed by atoms with van der Waals surface area (Å²) in [6, 6.07) is 14.1. The van der Waals surface area contributed by atoms with Crippen LogP contribution in [-0.2, 0) is 9.59 Å². The lowest BCUT2D eigenvalue weighted by atomic mass is 10.0. The standard InChI is InChI=1S/C25H35N5O2/c1-18-6-11-22(19(2)16-18)27-25(32)24(31)26-17-23(30-14-12-29(5)13-15-30)20-7-9-21(10-8-20)28(3)4/h6-11,16,23H,12-15,17H2,1-5H3,(H,26,31)(H,27,32)/t23-/m1/s1. The summed E-state index contributed by atoms with van der Waals surface area (Å²) in [6.07, 6.45) is 0. The number of hydrogen-bond acceptors (Lipinski definition) is 5. The summed E-state index contributed by atoms with van der Waals surface area (Å²) >= 11 is 0. The van der Waals surface area contributed by atoms with E-state index in [0.717, 1.165) is 48.6 Å². The molecule has 0 bridgehead atoms. The number of carbonyl (C=O) groups is 2. The second-order valence-electron chi connectivity index (χ2n) is 8.82. The molecule has 2 aromatic carbocycles. The van der Waals surface area contributed by atoms with Crippen LogP contribution in [0.2, 0.25) is 0 Å². The van der Waals surface area contributed by atoms with Crippen molar-refractivity contribution >= 4 is 23.2 Å². The fourth-order valence-electron chi connectivity index (χ4n) is 3.99. The van der Waals surface area contributed by atoms with Crippen molar-refractivity contribution in [3.63, 3.8) is 0 Å². The largest absolute Gasteiger partial charge is 0.378 e. The summed E-state index contributed by atoms with van der Waals surface area (Å²) in [5.74, 6) is -1.26. The maximum Gasteiger partial charge on any atom is 0.313 e. The fourth-order valence-corrected chi connectivity index (χ4v) is 3.99. The lowest BCUT2D eigenvalue weighted by molar-refractivity contribution is -0.136. The molecule has 2 aromatic rings. The zero-order valence-corrected chi connectivity index (χ0v) is 19.8. The minimum Gasteiger partial charge on any atom is -0.378 e. The molecule has 0 spiro atoms. The molecule has 2 N–H and O–H groups in total. The van der Waals surface area contributed by atoms with Crippen LogP contribution in [-0.4, -0.2) is 75.5 Å². The van der Waals surface area contributed by atoms with E-state index in [2.05, 4.69) is 56.6 Å². The predicted octanol–water partition coefficient (Wildman–Crippen LogP) is 2.41. The zero-order chi connectivity index (χ0) is 23.3. The molecule has 0 aliphatic carbocycles. The lowest BCUT2D eigenvalue weighted by Gasteiger charge is -2.38. The number of nitrogens with zero attached hydrogens (tertiary/aromatic N) is 3. The van der Waals surface area contributed by atoms with Crippen LogP contribution >= 0.6 is 0 Å². The third-order valence-corrected chi connectivity index (χ3v) is 6.07. The van der Waals surface area contributed by atoms with E-state index >= 15 is 0 Å². The molecule has 0 aromatic heterocycles. The molecule has 2 amide bonds. The number of benzene rings is 2. The van der Waals surface area contributed by atoms with E-state index < -0.39 is 11.8 Å². The van der Waals surface area contributed by atoms with Gasteiger partial charge in [0.05, 0.1) is 6.04 Å². The average Bonchev–Trinajstić information content (AvgIpc) is 2.77. The van der Waals surface area contributed by atoms with Crippen molar-refractivity contribution in [3.8, 4) is 0 Å². The minimum atomic E-state index is -0.642. The van der Waals surface area contributed by atoms with E-state index in [1.54, 1.807) is 0 Å². The number of rotatable bonds is 6. The van der Waals surface area contributed by atoms with Crippen LogP contribution in [0.3, 0.4) is 0 Å². The fraction of sp³-hybridized carbons (Fsp3) is 0.440. The van der Waals surface area contributed by atoms with Crippen LogP contribution < -0.4 is 15.5 Å². The molecular formula is C25H35N5O2. The van der Waals surface area contributed by atoms with Gasteiger partial charge in [-0.05, 0) is 50.2 Å². The topological polar surface area (TPSA) is 67.9 Å². The summed E-state index contributed by atoms with van der Waals surface area (Å²) in [7, 11) is 6.15. The van der Waals surface area contributed by atoms with Crippen molar-refractivity contribution in [2.24, 2.45) is 0 Å². The van der Waals surface area contributed by atoms with E-state index in [0.29, 0.717) is 12.2 Å². The smallest absolute Gasteiger partial charge is 0.313 e. The summed E-state index contributed by atoms with van der Waals surface area (Å²) < 4.78 is 0. The normalized spacial score (nSPS) is 15.8. The maximum atomic E-state index is 12.6. The second kappa shape index (κ2) is 10.6. The van der Waals surface area contributed by atoms with Crippen LogP contribution in [0.25, 0.3) is 0 Å². The molecule has 0 radical (unpaired) electrons. The first-order chi connectivity index (χ1) is 15.2. The summed E-state index contributed by atoms with van der Waals surface area (Å²) in [5.41, 5.74) is 4.96. The Morgan fingerprint density at radius 3 is 2.22 bits per heavy atom. The number of piperazine rings is 1. The molecule has 1 aliphatic rings. The number of amides is 2. The first-order valence-electron chi connectivity index (χ1n) is 11.1. The summed E-state index contributed by atoms with van der Waals surface area (Å²) in [4.78, 5) is 31.8. The summed E-state index contributed by atoms with van der Waals surface area (Å²) in [6.45, 7) is 8.09. The number of likely N-dealkylation sites (N-methyl/N-ethyl adjacent to an activating group) is 1. The molecule has 1 heterocycles. The van der Waals surface area contributed by atoms with Gasteiger partial charge in [-0.3, -0.25) is 14.5 Å². The van der Waals surface area contributed by atoms with Gasteiger partial charge < -0.3 is 20.4 Å². The second-order valence-corrected chi connectivity index (χ2v) is 8.82. The van der Waals surface area contributed by atoms with Crippen molar-refractivity contribution in [1.82, 2.24) is 15.1 Å². The minimum absolute atomic E-state index is 0.0118. The van der Waals surface area contributed by atoms with Crippen LogP contribution in [0.5, 0.6) is 0 Å². The quantitative estimate of drug-likeness (QED) is 0.680. The highest BCUT2D eigenvalue weighted by molar-refractivity contribution is 6.39. The van der Waals surface area contributed by atoms with Gasteiger partial charge >= 0.3 is 11.8 Å². The van der Waals surface area contributed by atoms with Gasteiger partial charge in [0.15, 0.2) is 0 Å². The van der Waals surface area contributed by atoms with Crippen LogP contribution in [0.1, 0.15) is 22.7 Å². The van der Waals surface area contributed by atoms with Gasteiger partial charge in [0.1, 0.15) is 0 Å². The Hall–Kier alpha value is -2.90. The van der Waals surface area contributed by atoms with E-state index in [9.17, 15) is 9.59 Å². The molecular weight excluding hydrogens is 402 g/mol. The maximum absolute atomic E-state index is 12.6. The molecule has 32 heavy (non-hydrogen) atoms. The van der Waals surface area contributed by atoms with Crippen LogP contribution in [0.4, 0.5) is 11.4 Å². The Kier molecular flexibility index (Phi) is 7.88. The highest BCUT2D eigenvalue weighted by Crippen LogP contribution is 2.24. The SMILES string of the molecule is Cc1ccc(NC(=O)C(=O)NC[C@H](c2ccc(N(C)C)cc2)N2CCN(C)CC2)c(C)c1. The molecule has 172 valence electrons. The Balaban J connectivity index is 1.68. The van der Waals surface area contributed by atoms with Gasteiger partial charge in [-0.25, -0.2) is 0 Å². The number of anilines is 2. The number of nitrogens with one attached hydrogen (secondary N) is 2. The molecule has 1 saturated heterocycles. The molecule has 1 aliphatic heterocycles. The monoisotopic (exact) mass is 437 g/mol. The van der Waals surface area contributed by atoms with Crippen molar-refractivity contribution in [3.05, 3.63) is 59.2 Å². The molecule has 1 fully saturated rings. The molecule has 7 heteroatoms. The van der Waals surface area contributed by atoms with Crippen molar-refractivity contribution < 1.29 is 9.59 Å². The Bertz CT molecular complexity index is 934. The van der Waals surface area contributed by atoms with Crippen molar-refractivity contribution in [1.29, 1.82) is 0 Å². The Morgan fingerprint density at radius 2 is 1.62 bits per heavy atom. The van der Waals surface area contributed by atoms with Gasteiger partial charge in [0.25, 0.3) is 0 Å². The molecule has 0 saturated carbocycles. The van der Waals surface area contributed by atoms with E-state index in [4.69, 9.17) is 0 Å². The molecule has 1 atom stereocenters. The van der Waals surface area contributed by atoms with Gasteiger partial charge in [-0.1, -0.05) is 29.8 Å². The highest BCUT2D eigenvalue weighted by Gasteiger charge is 2.25. The van der Waals surface area contributed by atoms with Gasteiger partial charge in [0.2, 0.25) is 0 Å². The van der Waals surface area contributed by atoms with Gasteiger partial charge in [0, 0.05) is 58.2 Å². The van der Waals surface area contributed by atoms with Crippen molar-refractivity contribution in [2.75, 3.05) is 64.1 Å². The third-order valence-electron chi connectivity index (χ3n) is 6.07. The zero-order valence-electron chi connectivity index (χ0n) is 19.8. The molecule has 3 rings (SSSR count). The van der Waals surface area contributed by atoms with E-state index in [1.807, 2.05) is 46.1 Å². The first kappa shape index (κ1) is 23.8. The molecule has 7 nitrogen and oxygen atoms in total. The van der Waals surface area contributed by atoms with Gasteiger partial charge in [-0.2, -0.15) is 0 Å². The average molecular weight is 438 g/mol. The lowest BCUT2D eigenvalue weighted by Crippen LogP contribution is -2.49. The molecule has 0 unspecified atom stereocenters. The summed E-state index contributed by atoms with van der Waals surface area (Å²) in [5, 5.41) is 5.59. The number of hydrogen-bond donors (Lipinski definition) is 2. The van der Waals surface area contributed by atoms with Crippen LogP contribution in [0.15, 0.2) is 42.5 Å². The first-order valence-corrected chi connectivity index (χ1v) is 11.1. The highest BCUT2D eigenvalue weighted by atomic mass is 16.2.